The molecule has 1 rings (SSSR count). The van der Waals surface area contributed by atoms with E-state index in [1.54, 1.807) is 11.8 Å². The summed E-state index contributed by atoms with van der Waals surface area (Å²) >= 11 is 1.67. The Bertz CT molecular complexity index is 325. The summed E-state index contributed by atoms with van der Waals surface area (Å²) in [6.45, 7) is 4.34. The van der Waals surface area contributed by atoms with E-state index in [0.717, 1.165) is 29.2 Å². The Balaban J connectivity index is 2.80. The molecule has 1 heterocycles. The highest BCUT2D eigenvalue weighted by atomic mass is 32.2. The van der Waals surface area contributed by atoms with E-state index in [2.05, 4.69) is 12.0 Å². The number of nitrogens with two attached hydrogens (primary N) is 1. The topological polar surface area (TPSA) is 64.1 Å². The number of rotatable bonds is 5. The molecule has 15 heavy (non-hydrogen) atoms. The molecule has 0 aliphatic rings. The van der Waals surface area contributed by atoms with Crippen molar-refractivity contribution in [2.75, 3.05) is 12.3 Å². The number of aliphatic hydroxyl groups excluding tert-OH is 1. The van der Waals surface area contributed by atoms with Crippen LogP contribution in [-0.2, 0) is 13.5 Å². The summed E-state index contributed by atoms with van der Waals surface area (Å²) in [5, 5.41) is 14.6. The van der Waals surface area contributed by atoms with Crippen LogP contribution in [-0.4, -0.2) is 26.7 Å². The van der Waals surface area contributed by atoms with Crippen molar-refractivity contribution >= 4 is 17.4 Å². The van der Waals surface area contributed by atoms with Crippen molar-refractivity contribution in [2.24, 2.45) is 7.05 Å². The molecule has 0 spiro atoms. The summed E-state index contributed by atoms with van der Waals surface area (Å²) in [5.74, 6) is 0. The van der Waals surface area contributed by atoms with E-state index in [1.165, 1.54) is 0 Å². The van der Waals surface area contributed by atoms with Crippen molar-refractivity contribution in [1.82, 2.24) is 9.78 Å². The maximum atomic E-state index is 8.84. The van der Waals surface area contributed by atoms with Crippen LogP contribution in [0, 0.1) is 0 Å². The number of nitrogens with zero attached hydrogens (tertiary/aromatic N) is 2. The predicted octanol–water partition coefficient (Wildman–Crippen LogP) is 1.43. The van der Waals surface area contributed by atoms with E-state index in [1.807, 2.05) is 18.7 Å². The molecule has 0 aliphatic heterocycles. The third-order valence-corrected chi connectivity index (χ3v) is 3.63. The Morgan fingerprint density at radius 3 is 2.73 bits per heavy atom. The zero-order valence-electron chi connectivity index (χ0n) is 9.53. The molecule has 0 aliphatic carbocycles. The standard InChI is InChI=1S/C10H19N3OS/c1-4-8-9(11)10(13(3)12-8)15-7(2)5-6-14/h7,14H,4-6,11H2,1-3H3. The van der Waals surface area contributed by atoms with E-state index >= 15 is 0 Å². The van der Waals surface area contributed by atoms with Gasteiger partial charge in [0.2, 0.25) is 0 Å². The molecular weight excluding hydrogens is 210 g/mol. The van der Waals surface area contributed by atoms with Crippen molar-refractivity contribution in [1.29, 1.82) is 0 Å². The molecule has 0 saturated carbocycles. The van der Waals surface area contributed by atoms with Crippen LogP contribution in [0.1, 0.15) is 26.0 Å². The van der Waals surface area contributed by atoms with Gasteiger partial charge in [0.1, 0.15) is 5.03 Å². The fourth-order valence-electron chi connectivity index (χ4n) is 1.41. The predicted molar refractivity (Wildman–Crippen MR) is 64.0 cm³/mol. The normalized spacial score (nSPS) is 13.1. The smallest absolute Gasteiger partial charge is 0.117 e. The molecular formula is C10H19N3OS. The van der Waals surface area contributed by atoms with Crippen molar-refractivity contribution in [3.05, 3.63) is 5.69 Å². The second-order valence-corrected chi connectivity index (χ2v) is 5.01. The Morgan fingerprint density at radius 1 is 1.60 bits per heavy atom. The lowest BCUT2D eigenvalue weighted by molar-refractivity contribution is 0.289. The quantitative estimate of drug-likeness (QED) is 0.750. The van der Waals surface area contributed by atoms with E-state index in [4.69, 9.17) is 10.8 Å². The second-order valence-electron chi connectivity index (χ2n) is 3.58. The van der Waals surface area contributed by atoms with Crippen molar-refractivity contribution < 1.29 is 5.11 Å². The SMILES string of the molecule is CCc1nn(C)c(SC(C)CCO)c1N. The average molecular weight is 229 g/mol. The maximum absolute atomic E-state index is 8.84. The lowest BCUT2D eigenvalue weighted by Gasteiger charge is -2.09. The minimum atomic E-state index is 0.215. The average Bonchev–Trinajstić information content (AvgIpc) is 2.45. The third kappa shape index (κ3) is 2.89. The molecule has 5 heteroatoms. The van der Waals surface area contributed by atoms with Gasteiger partial charge in [-0.3, -0.25) is 4.68 Å². The van der Waals surface area contributed by atoms with Crippen LogP contribution in [0.2, 0.25) is 0 Å². The summed E-state index contributed by atoms with van der Waals surface area (Å²) in [7, 11) is 1.91. The van der Waals surface area contributed by atoms with Gasteiger partial charge in [0, 0.05) is 18.9 Å². The number of anilines is 1. The first kappa shape index (κ1) is 12.4. The van der Waals surface area contributed by atoms with Gasteiger partial charge in [0.25, 0.3) is 0 Å². The number of aromatic nitrogens is 2. The summed E-state index contributed by atoms with van der Waals surface area (Å²) < 4.78 is 1.83. The van der Waals surface area contributed by atoms with Crippen LogP contribution in [0.3, 0.4) is 0 Å². The van der Waals surface area contributed by atoms with Crippen LogP contribution in [0.15, 0.2) is 5.03 Å². The van der Waals surface area contributed by atoms with Gasteiger partial charge in [0.05, 0.1) is 11.4 Å². The van der Waals surface area contributed by atoms with Gasteiger partial charge in [-0.05, 0) is 12.8 Å². The second kappa shape index (κ2) is 5.42. The fourth-order valence-corrected chi connectivity index (χ4v) is 2.45. The van der Waals surface area contributed by atoms with Crippen LogP contribution in [0.4, 0.5) is 5.69 Å². The Hall–Kier alpha value is -0.680. The van der Waals surface area contributed by atoms with Crippen molar-refractivity contribution in [2.45, 2.75) is 37.0 Å². The molecule has 0 fully saturated rings. The van der Waals surface area contributed by atoms with Gasteiger partial charge in [-0.15, -0.1) is 11.8 Å². The molecule has 0 aromatic carbocycles. The van der Waals surface area contributed by atoms with Gasteiger partial charge in [-0.25, -0.2) is 0 Å². The lowest BCUT2D eigenvalue weighted by Crippen LogP contribution is -2.03. The number of thioether (sulfide) groups is 1. The number of nitrogen functional groups attached to an aromatic ring is 1. The third-order valence-electron chi connectivity index (χ3n) is 2.29. The number of hydrogen-bond donors (Lipinski definition) is 2. The molecule has 0 amide bonds. The van der Waals surface area contributed by atoms with Crippen molar-refractivity contribution in [3.8, 4) is 0 Å². The number of hydrogen-bond acceptors (Lipinski definition) is 4. The monoisotopic (exact) mass is 229 g/mol. The minimum absolute atomic E-state index is 0.215. The summed E-state index contributed by atoms with van der Waals surface area (Å²) in [5.41, 5.74) is 7.73. The first-order chi connectivity index (χ1) is 7.10. The van der Waals surface area contributed by atoms with Gasteiger partial charge in [0.15, 0.2) is 0 Å². The number of aryl methyl sites for hydroxylation is 2. The fraction of sp³-hybridized carbons (Fsp3) is 0.700. The molecule has 86 valence electrons. The molecule has 0 bridgehead atoms. The van der Waals surface area contributed by atoms with Crippen LogP contribution >= 0.6 is 11.8 Å². The zero-order valence-corrected chi connectivity index (χ0v) is 10.3. The Kier molecular flexibility index (Phi) is 4.47. The van der Waals surface area contributed by atoms with Crippen LogP contribution < -0.4 is 5.73 Å². The van der Waals surface area contributed by atoms with E-state index in [-0.39, 0.29) is 6.61 Å². The van der Waals surface area contributed by atoms with E-state index < -0.39 is 0 Å². The van der Waals surface area contributed by atoms with Crippen LogP contribution in [0.25, 0.3) is 0 Å². The molecule has 0 saturated heterocycles. The number of aliphatic hydroxyl groups is 1. The Labute approximate surface area is 94.9 Å². The largest absolute Gasteiger partial charge is 0.396 e. The van der Waals surface area contributed by atoms with Gasteiger partial charge < -0.3 is 10.8 Å². The van der Waals surface area contributed by atoms with Gasteiger partial charge in [-0.2, -0.15) is 5.10 Å². The molecule has 1 aromatic heterocycles. The highest BCUT2D eigenvalue weighted by Crippen LogP contribution is 2.31. The lowest BCUT2D eigenvalue weighted by atomic mass is 10.3. The summed E-state index contributed by atoms with van der Waals surface area (Å²) in [4.78, 5) is 0. The molecule has 4 nitrogen and oxygen atoms in total. The van der Waals surface area contributed by atoms with Gasteiger partial charge >= 0.3 is 0 Å². The summed E-state index contributed by atoms with van der Waals surface area (Å²) in [6.07, 6.45) is 1.63. The molecule has 1 atom stereocenters. The maximum Gasteiger partial charge on any atom is 0.117 e. The first-order valence-electron chi connectivity index (χ1n) is 5.19. The van der Waals surface area contributed by atoms with E-state index in [9.17, 15) is 0 Å². The highest BCUT2D eigenvalue weighted by Gasteiger charge is 2.15. The van der Waals surface area contributed by atoms with E-state index in [0.29, 0.717) is 5.25 Å². The minimum Gasteiger partial charge on any atom is -0.396 e. The highest BCUT2D eigenvalue weighted by molar-refractivity contribution is 8.00. The zero-order chi connectivity index (χ0) is 11.4. The first-order valence-corrected chi connectivity index (χ1v) is 6.07. The van der Waals surface area contributed by atoms with Gasteiger partial charge in [-0.1, -0.05) is 13.8 Å². The molecule has 1 unspecified atom stereocenters. The Morgan fingerprint density at radius 2 is 2.27 bits per heavy atom. The molecule has 3 N–H and O–H groups in total. The van der Waals surface area contributed by atoms with Crippen LogP contribution in [0.5, 0.6) is 0 Å². The van der Waals surface area contributed by atoms with Crippen molar-refractivity contribution in [3.63, 3.8) is 0 Å². The summed E-state index contributed by atoms with van der Waals surface area (Å²) in [6, 6.07) is 0. The molecule has 1 aromatic rings. The molecule has 0 radical (unpaired) electrons.